The molecule has 9 heteroatoms. The highest BCUT2D eigenvalue weighted by molar-refractivity contribution is 9.10. The lowest BCUT2D eigenvalue weighted by Crippen LogP contribution is -2.32. The molecule has 2 aliphatic heterocycles. The highest BCUT2D eigenvalue weighted by Crippen LogP contribution is 2.45. The first-order valence-electron chi connectivity index (χ1n) is 12.9. The minimum Gasteiger partial charge on any atom is -0.497 e. The standard InChI is InChI=1S/C30H28BrN3O4S/c1-38-25-13-9-21(10-14-25)27-26-28(22-7-11-23(31)12-8-22)33(17-15-20-5-3-2-4-6-20)30(35)29(26)34(32-27)24-16-18-39(36,37)19-24/h2-14,24,28H,15-19H2,1H3. The average molecular weight is 607 g/mol. The molecule has 7 nitrogen and oxygen atoms in total. The van der Waals surface area contributed by atoms with Crippen LogP contribution in [0.1, 0.15) is 45.7 Å². The molecule has 2 atom stereocenters. The van der Waals surface area contributed by atoms with Crippen LogP contribution in [0.15, 0.2) is 83.3 Å². The minimum atomic E-state index is -3.18. The van der Waals surface area contributed by atoms with Crippen molar-refractivity contribution in [2.75, 3.05) is 25.2 Å². The van der Waals surface area contributed by atoms with Crippen LogP contribution in [0.2, 0.25) is 0 Å². The largest absolute Gasteiger partial charge is 0.497 e. The summed E-state index contributed by atoms with van der Waals surface area (Å²) in [5.41, 5.74) is 4.99. The Bertz CT molecular complexity index is 1620. The Labute approximate surface area is 236 Å². The molecule has 39 heavy (non-hydrogen) atoms. The molecule has 0 saturated carbocycles. The van der Waals surface area contributed by atoms with E-state index in [0.717, 1.165) is 32.5 Å². The molecule has 3 aromatic carbocycles. The fourth-order valence-corrected chi connectivity index (χ4v) is 7.60. The lowest BCUT2D eigenvalue weighted by molar-refractivity contribution is 0.0738. The summed E-state index contributed by atoms with van der Waals surface area (Å²) in [7, 11) is -1.56. The number of carbonyl (C=O) groups is 1. The van der Waals surface area contributed by atoms with Crippen molar-refractivity contribution < 1.29 is 17.9 Å². The molecular weight excluding hydrogens is 578 g/mol. The molecular formula is C30H28BrN3O4S. The van der Waals surface area contributed by atoms with E-state index in [9.17, 15) is 13.2 Å². The van der Waals surface area contributed by atoms with E-state index in [-0.39, 0.29) is 29.5 Å². The predicted molar refractivity (Wildman–Crippen MR) is 154 cm³/mol. The van der Waals surface area contributed by atoms with Crippen molar-refractivity contribution in [3.05, 3.63) is 106 Å². The van der Waals surface area contributed by atoms with Crippen molar-refractivity contribution in [3.8, 4) is 17.0 Å². The van der Waals surface area contributed by atoms with E-state index < -0.39 is 9.84 Å². The van der Waals surface area contributed by atoms with Gasteiger partial charge in [0.15, 0.2) is 9.84 Å². The summed E-state index contributed by atoms with van der Waals surface area (Å²) < 4.78 is 32.9. The number of sulfone groups is 1. The van der Waals surface area contributed by atoms with Gasteiger partial charge in [0.05, 0.1) is 36.4 Å². The van der Waals surface area contributed by atoms with E-state index in [2.05, 4.69) is 28.1 Å². The van der Waals surface area contributed by atoms with Crippen molar-refractivity contribution in [1.29, 1.82) is 0 Å². The Hall–Kier alpha value is -3.43. The van der Waals surface area contributed by atoms with Crippen molar-refractivity contribution in [2.45, 2.75) is 24.9 Å². The Morgan fingerprint density at radius 2 is 1.72 bits per heavy atom. The predicted octanol–water partition coefficient (Wildman–Crippen LogP) is 5.47. The molecule has 1 saturated heterocycles. The number of ether oxygens (including phenoxy) is 1. The van der Waals surface area contributed by atoms with Gasteiger partial charge in [0.1, 0.15) is 11.4 Å². The summed E-state index contributed by atoms with van der Waals surface area (Å²) in [6.45, 7) is 0.517. The number of fused-ring (bicyclic) bond motifs is 1. The Morgan fingerprint density at radius 1 is 1.00 bits per heavy atom. The second-order valence-electron chi connectivity index (χ2n) is 10.0. The van der Waals surface area contributed by atoms with Crippen LogP contribution >= 0.6 is 15.9 Å². The van der Waals surface area contributed by atoms with Crippen LogP contribution in [0.5, 0.6) is 5.75 Å². The number of halogens is 1. The molecule has 2 unspecified atom stereocenters. The molecule has 0 spiro atoms. The maximum atomic E-state index is 14.2. The van der Waals surface area contributed by atoms with Gasteiger partial charge in [0, 0.05) is 22.1 Å². The number of benzene rings is 3. The molecule has 6 rings (SSSR count). The first kappa shape index (κ1) is 25.8. The fourth-order valence-electron chi connectivity index (χ4n) is 5.64. The molecule has 0 N–H and O–H groups in total. The molecule has 4 aromatic rings. The maximum absolute atomic E-state index is 14.2. The zero-order chi connectivity index (χ0) is 27.1. The van der Waals surface area contributed by atoms with Gasteiger partial charge < -0.3 is 9.64 Å². The van der Waals surface area contributed by atoms with Gasteiger partial charge in [-0.1, -0.05) is 58.4 Å². The third kappa shape index (κ3) is 4.89. The number of carbonyl (C=O) groups excluding carboxylic acids is 1. The molecule has 1 fully saturated rings. The van der Waals surface area contributed by atoms with Crippen LogP contribution < -0.4 is 4.74 Å². The van der Waals surface area contributed by atoms with E-state index in [1.165, 1.54) is 0 Å². The van der Waals surface area contributed by atoms with E-state index in [0.29, 0.717) is 30.8 Å². The molecule has 0 bridgehead atoms. The van der Waals surface area contributed by atoms with Gasteiger partial charge in [-0.25, -0.2) is 8.42 Å². The summed E-state index contributed by atoms with van der Waals surface area (Å²) in [4.78, 5) is 16.2. The third-order valence-corrected chi connectivity index (χ3v) is 9.86. The van der Waals surface area contributed by atoms with Crippen LogP contribution in [-0.4, -0.2) is 54.2 Å². The van der Waals surface area contributed by atoms with Crippen LogP contribution in [0.3, 0.4) is 0 Å². The molecule has 3 heterocycles. The van der Waals surface area contributed by atoms with E-state index >= 15 is 0 Å². The number of nitrogens with zero attached hydrogens (tertiary/aromatic N) is 3. The van der Waals surface area contributed by atoms with Crippen molar-refractivity contribution in [1.82, 2.24) is 14.7 Å². The lowest BCUT2D eigenvalue weighted by atomic mass is 9.96. The van der Waals surface area contributed by atoms with Crippen LogP contribution in [0.25, 0.3) is 11.3 Å². The number of amides is 1. The third-order valence-electron chi connectivity index (χ3n) is 7.58. The van der Waals surface area contributed by atoms with Gasteiger partial charge in [-0.3, -0.25) is 9.48 Å². The zero-order valence-corrected chi connectivity index (χ0v) is 23.9. The van der Waals surface area contributed by atoms with Crippen molar-refractivity contribution >= 4 is 31.7 Å². The second kappa shape index (κ2) is 10.3. The quantitative estimate of drug-likeness (QED) is 0.279. The topological polar surface area (TPSA) is 81.5 Å². The van der Waals surface area contributed by atoms with E-state index in [4.69, 9.17) is 9.84 Å². The SMILES string of the molecule is COc1ccc(-c2nn(C3CCS(=O)(=O)C3)c3c2C(c2ccc(Br)cc2)N(CCc2ccccc2)C3=O)cc1. The number of hydrogen-bond acceptors (Lipinski definition) is 5. The zero-order valence-electron chi connectivity index (χ0n) is 21.5. The van der Waals surface area contributed by atoms with Gasteiger partial charge in [-0.05, 0) is 60.4 Å². The van der Waals surface area contributed by atoms with Crippen molar-refractivity contribution in [3.63, 3.8) is 0 Å². The molecule has 0 aliphatic carbocycles. The van der Waals surface area contributed by atoms with Gasteiger partial charge >= 0.3 is 0 Å². The van der Waals surface area contributed by atoms with Crippen LogP contribution in [0, 0.1) is 0 Å². The summed E-state index contributed by atoms with van der Waals surface area (Å²) >= 11 is 3.53. The smallest absolute Gasteiger partial charge is 0.273 e. The number of rotatable bonds is 7. The normalized spacial score (nSPS) is 19.8. The van der Waals surface area contributed by atoms with E-state index in [1.54, 1.807) is 11.8 Å². The van der Waals surface area contributed by atoms with Crippen molar-refractivity contribution in [2.24, 2.45) is 0 Å². The number of hydrogen-bond donors (Lipinski definition) is 0. The van der Waals surface area contributed by atoms with Gasteiger partial charge in [0.25, 0.3) is 5.91 Å². The molecule has 1 aromatic heterocycles. The minimum absolute atomic E-state index is 0.0105. The number of methoxy groups -OCH3 is 1. The highest BCUT2D eigenvalue weighted by Gasteiger charge is 2.46. The molecule has 1 amide bonds. The summed E-state index contributed by atoms with van der Waals surface area (Å²) in [5.74, 6) is 0.697. The first-order chi connectivity index (χ1) is 18.8. The number of aromatic nitrogens is 2. The molecule has 2 aliphatic rings. The van der Waals surface area contributed by atoms with Crippen LogP contribution in [-0.2, 0) is 16.3 Å². The second-order valence-corrected chi connectivity index (χ2v) is 13.2. The molecule has 0 radical (unpaired) electrons. The van der Waals surface area contributed by atoms with Gasteiger partial charge in [0.2, 0.25) is 0 Å². The average Bonchev–Trinajstić information content (AvgIpc) is 3.60. The Kier molecular flexibility index (Phi) is 6.81. The molecule has 200 valence electrons. The van der Waals surface area contributed by atoms with E-state index in [1.807, 2.05) is 71.6 Å². The summed E-state index contributed by atoms with van der Waals surface area (Å²) in [6.07, 6.45) is 1.14. The highest BCUT2D eigenvalue weighted by atomic mass is 79.9. The van der Waals surface area contributed by atoms with Gasteiger partial charge in [-0.2, -0.15) is 5.10 Å². The van der Waals surface area contributed by atoms with Gasteiger partial charge in [-0.15, -0.1) is 0 Å². The first-order valence-corrected chi connectivity index (χ1v) is 15.5. The monoisotopic (exact) mass is 605 g/mol. The lowest BCUT2D eigenvalue weighted by Gasteiger charge is -2.27. The maximum Gasteiger partial charge on any atom is 0.273 e. The van der Waals surface area contributed by atoms with Crippen LogP contribution in [0.4, 0.5) is 0 Å². The summed E-state index contributed by atoms with van der Waals surface area (Å²) in [5, 5.41) is 4.96. The Morgan fingerprint density at radius 3 is 2.36 bits per heavy atom. The Balaban J connectivity index is 1.51. The fraction of sp³-hybridized carbons (Fsp3) is 0.267. The summed E-state index contributed by atoms with van der Waals surface area (Å²) in [6, 6.07) is 25.0.